The maximum absolute atomic E-state index is 5.41. The van der Waals surface area contributed by atoms with Gasteiger partial charge in [0.05, 0.1) is 0 Å². The highest BCUT2D eigenvalue weighted by molar-refractivity contribution is 5.53. The van der Waals surface area contributed by atoms with Crippen molar-refractivity contribution in [1.82, 2.24) is 0 Å². The molecule has 0 aliphatic rings. The molecular formula is C10H14N2. The van der Waals surface area contributed by atoms with Crippen molar-refractivity contribution in [1.29, 1.82) is 0 Å². The Morgan fingerprint density at radius 3 is 2.75 bits per heavy atom. The minimum absolute atomic E-state index is 0.467. The molecule has 3 N–H and O–H groups in total. The second kappa shape index (κ2) is 3.93. The smallest absolute Gasteiger partial charge is 0.0411 e. The van der Waals surface area contributed by atoms with Crippen LogP contribution in [0.25, 0.3) is 0 Å². The number of benzene rings is 1. The summed E-state index contributed by atoms with van der Waals surface area (Å²) in [5.41, 5.74) is 8.52. The van der Waals surface area contributed by atoms with Crippen LogP contribution in [0.15, 0.2) is 36.5 Å². The van der Waals surface area contributed by atoms with Crippen molar-refractivity contribution in [2.45, 2.75) is 6.92 Å². The number of hydrogen-bond acceptors (Lipinski definition) is 2. The molecule has 0 radical (unpaired) electrons. The topological polar surface area (TPSA) is 38.0 Å². The van der Waals surface area contributed by atoms with E-state index in [4.69, 9.17) is 5.73 Å². The molecule has 2 nitrogen and oxygen atoms in total. The largest absolute Gasteiger partial charge is 0.358 e. The summed E-state index contributed by atoms with van der Waals surface area (Å²) in [5, 5.41) is 3.14. The van der Waals surface area contributed by atoms with Crippen molar-refractivity contribution in [3.8, 4) is 0 Å². The maximum Gasteiger partial charge on any atom is 0.0411 e. The van der Waals surface area contributed by atoms with Gasteiger partial charge in [0.15, 0.2) is 0 Å². The van der Waals surface area contributed by atoms with E-state index in [0.29, 0.717) is 6.54 Å². The van der Waals surface area contributed by atoms with E-state index in [1.165, 1.54) is 5.56 Å². The first-order chi connectivity index (χ1) is 5.74. The average molecular weight is 162 g/mol. The van der Waals surface area contributed by atoms with Crippen molar-refractivity contribution in [2.24, 2.45) is 5.73 Å². The first-order valence-electron chi connectivity index (χ1n) is 3.94. The van der Waals surface area contributed by atoms with Gasteiger partial charge >= 0.3 is 0 Å². The minimum Gasteiger partial charge on any atom is -0.358 e. The number of anilines is 1. The molecule has 0 heterocycles. The Bertz CT molecular complexity index is 279. The summed E-state index contributed by atoms with van der Waals surface area (Å²) >= 11 is 0. The summed E-state index contributed by atoms with van der Waals surface area (Å²) in [5.74, 6) is 0. The summed E-state index contributed by atoms with van der Waals surface area (Å²) in [6, 6.07) is 8.05. The van der Waals surface area contributed by atoms with Crippen LogP contribution >= 0.6 is 0 Å². The number of hydrogen-bond donors (Lipinski definition) is 2. The molecule has 0 amide bonds. The third kappa shape index (κ3) is 2.10. The lowest BCUT2D eigenvalue weighted by Crippen LogP contribution is -2.10. The molecule has 1 aromatic carbocycles. The molecule has 12 heavy (non-hydrogen) atoms. The lowest BCUT2D eigenvalue weighted by atomic mass is 10.2. The second-order valence-corrected chi connectivity index (χ2v) is 2.75. The monoisotopic (exact) mass is 162 g/mol. The van der Waals surface area contributed by atoms with Crippen LogP contribution in [-0.4, -0.2) is 6.54 Å². The summed E-state index contributed by atoms with van der Waals surface area (Å²) in [4.78, 5) is 0. The molecule has 0 spiro atoms. The molecule has 0 saturated heterocycles. The second-order valence-electron chi connectivity index (χ2n) is 2.75. The fourth-order valence-electron chi connectivity index (χ4n) is 0.955. The molecule has 1 rings (SSSR count). The summed E-state index contributed by atoms with van der Waals surface area (Å²) in [6.45, 7) is 6.29. The van der Waals surface area contributed by atoms with Crippen LogP contribution in [0.1, 0.15) is 5.56 Å². The first kappa shape index (κ1) is 8.81. The zero-order valence-corrected chi connectivity index (χ0v) is 7.30. The highest BCUT2D eigenvalue weighted by atomic mass is 14.9. The van der Waals surface area contributed by atoms with Gasteiger partial charge < -0.3 is 11.1 Å². The Kier molecular flexibility index (Phi) is 2.88. The minimum atomic E-state index is 0.467. The molecule has 64 valence electrons. The molecule has 0 aliphatic heterocycles. The average Bonchev–Trinajstić information content (AvgIpc) is 2.09. The Hall–Kier alpha value is -1.28. The lowest BCUT2D eigenvalue weighted by molar-refractivity contribution is 1.15. The number of para-hydroxylation sites is 1. The Balaban J connectivity index is 2.75. The molecule has 0 fully saturated rings. The van der Waals surface area contributed by atoms with Gasteiger partial charge in [-0.15, -0.1) is 0 Å². The highest BCUT2D eigenvalue weighted by Crippen LogP contribution is 2.14. The van der Waals surface area contributed by atoms with Crippen LogP contribution in [0.5, 0.6) is 0 Å². The van der Waals surface area contributed by atoms with Crippen molar-refractivity contribution in [2.75, 3.05) is 11.9 Å². The molecular weight excluding hydrogens is 148 g/mol. The van der Waals surface area contributed by atoms with E-state index in [-0.39, 0.29) is 0 Å². The summed E-state index contributed by atoms with van der Waals surface area (Å²) in [7, 11) is 0. The van der Waals surface area contributed by atoms with E-state index in [0.717, 1.165) is 11.4 Å². The molecule has 0 bridgehead atoms. The number of rotatable bonds is 3. The van der Waals surface area contributed by atoms with Gasteiger partial charge in [0, 0.05) is 17.9 Å². The fourth-order valence-corrected chi connectivity index (χ4v) is 0.955. The molecule has 0 aliphatic carbocycles. The quantitative estimate of drug-likeness (QED) is 0.712. The first-order valence-corrected chi connectivity index (χ1v) is 3.94. The van der Waals surface area contributed by atoms with Crippen LogP contribution in [-0.2, 0) is 0 Å². The van der Waals surface area contributed by atoms with Crippen LogP contribution < -0.4 is 11.1 Å². The van der Waals surface area contributed by atoms with E-state index in [1.54, 1.807) is 0 Å². The van der Waals surface area contributed by atoms with E-state index in [2.05, 4.69) is 11.9 Å². The third-order valence-corrected chi connectivity index (χ3v) is 1.70. The summed E-state index contributed by atoms with van der Waals surface area (Å²) in [6.07, 6.45) is 0. The molecule has 0 aromatic heterocycles. The van der Waals surface area contributed by atoms with Gasteiger partial charge in [0.2, 0.25) is 0 Å². The van der Waals surface area contributed by atoms with Gasteiger partial charge in [0.25, 0.3) is 0 Å². The standard InChI is InChI=1S/C10H14N2/c1-8-5-3-4-6-10(8)12-9(2)7-11/h3-6,12H,2,7,11H2,1H3. The van der Waals surface area contributed by atoms with Crippen LogP contribution in [0, 0.1) is 6.92 Å². The number of aryl methyl sites for hydroxylation is 1. The number of nitrogens with two attached hydrogens (primary N) is 1. The van der Waals surface area contributed by atoms with Crippen molar-refractivity contribution < 1.29 is 0 Å². The van der Waals surface area contributed by atoms with Crippen LogP contribution in [0.2, 0.25) is 0 Å². The zero-order valence-electron chi connectivity index (χ0n) is 7.30. The number of nitrogens with one attached hydrogen (secondary N) is 1. The SMILES string of the molecule is C=C(CN)Nc1ccccc1C. The van der Waals surface area contributed by atoms with Gasteiger partial charge in [0.1, 0.15) is 0 Å². The molecule has 1 aromatic rings. The molecule has 0 atom stereocenters. The maximum atomic E-state index is 5.41. The van der Waals surface area contributed by atoms with Gasteiger partial charge in [-0.3, -0.25) is 0 Å². The van der Waals surface area contributed by atoms with Gasteiger partial charge in [-0.25, -0.2) is 0 Å². The van der Waals surface area contributed by atoms with E-state index in [9.17, 15) is 0 Å². The van der Waals surface area contributed by atoms with E-state index >= 15 is 0 Å². The van der Waals surface area contributed by atoms with Gasteiger partial charge in [-0.05, 0) is 18.6 Å². The van der Waals surface area contributed by atoms with Gasteiger partial charge in [-0.1, -0.05) is 24.8 Å². The third-order valence-electron chi connectivity index (χ3n) is 1.70. The fraction of sp³-hybridized carbons (Fsp3) is 0.200. The Labute approximate surface area is 73.1 Å². The molecule has 2 heteroatoms. The van der Waals surface area contributed by atoms with E-state index < -0.39 is 0 Å². The van der Waals surface area contributed by atoms with Crippen molar-refractivity contribution in [3.05, 3.63) is 42.1 Å². The summed E-state index contributed by atoms with van der Waals surface area (Å²) < 4.78 is 0. The predicted molar refractivity (Wildman–Crippen MR) is 53.0 cm³/mol. The van der Waals surface area contributed by atoms with Crippen LogP contribution in [0.4, 0.5) is 5.69 Å². The molecule has 0 unspecified atom stereocenters. The van der Waals surface area contributed by atoms with Gasteiger partial charge in [-0.2, -0.15) is 0 Å². The normalized spacial score (nSPS) is 9.50. The lowest BCUT2D eigenvalue weighted by Gasteiger charge is -2.09. The zero-order chi connectivity index (χ0) is 8.97. The predicted octanol–water partition coefficient (Wildman–Crippen LogP) is 1.88. The highest BCUT2D eigenvalue weighted by Gasteiger charge is 1.95. The van der Waals surface area contributed by atoms with Crippen molar-refractivity contribution in [3.63, 3.8) is 0 Å². The van der Waals surface area contributed by atoms with E-state index in [1.807, 2.05) is 31.2 Å². The Morgan fingerprint density at radius 1 is 1.50 bits per heavy atom. The molecule has 0 saturated carbocycles. The Morgan fingerprint density at radius 2 is 2.17 bits per heavy atom. The van der Waals surface area contributed by atoms with Crippen LogP contribution in [0.3, 0.4) is 0 Å². The van der Waals surface area contributed by atoms with Crippen molar-refractivity contribution >= 4 is 5.69 Å².